The third kappa shape index (κ3) is 7.65. The van der Waals surface area contributed by atoms with Gasteiger partial charge in [-0.1, -0.05) is 224 Å². The number of hydrogen-bond acceptors (Lipinski definition) is 1. The highest BCUT2D eigenvalue weighted by molar-refractivity contribution is 5.91. The summed E-state index contributed by atoms with van der Waals surface area (Å²) in [4.78, 5) is 2.37. The lowest BCUT2D eigenvalue weighted by Crippen LogP contribution is -2.11. The number of hydrogen-bond donors (Lipinski definition) is 0. The fraction of sp³-hybridized carbons (Fsp3) is 0.0159. The highest BCUT2D eigenvalue weighted by Gasteiger charge is 2.22. The van der Waals surface area contributed by atoms with Crippen LogP contribution in [0.5, 0.6) is 0 Å². The molecule has 1 atom stereocenters. The van der Waals surface area contributed by atoms with Crippen LogP contribution in [0.3, 0.4) is 0 Å². The first-order valence-corrected chi connectivity index (χ1v) is 22.1. The van der Waals surface area contributed by atoms with Crippen LogP contribution in [0.15, 0.2) is 267 Å². The second-order valence-electron chi connectivity index (χ2n) is 16.5. The van der Waals surface area contributed by atoms with Gasteiger partial charge in [-0.2, -0.15) is 0 Å². The van der Waals surface area contributed by atoms with Crippen molar-refractivity contribution in [2.45, 2.75) is 5.92 Å². The lowest BCUT2D eigenvalue weighted by Gasteiger charge is -2.28. The van der Waals surface area contributed by atoms with Crippen LogP contribution in [0, 0.1) is 0 Å². The molecule has 0 fully saturated rings. The fourth-order valence-corrected chi connectivity index (χ4v) is 9.36. The molecule has 11 aromatic rings. The second-order valence-corrected chi connectivity index (χ2v) is 16.5. The van der Waals surface area contributed by atoms with Crippen molar-refractivity contribution < 1.29 is 0 Å². The molecule has 0 saturated heterocycles. The van der Waals surface area contributed by atoms with Crippen LogP contribution in [0.2, 0.25) is 0 Å². The standard InChI is InChI=1S/C63H45N/c1-3-17-51(18-4-1)63(52-35-27-47(28-36-52)55-37-29-45-15-7-9-19-53(45)43-55)61-25-12-11-23-59(61)49-31-33-50(34-32-49)60-24-13-14-26-62(60)64(57-21-5-2-6-22-57)58-41-39-48(40-42-58)56-38-30-46-16-8-10-20-54(46)44-56/h1-44,63H. The van der Waals surface area contributed by atoms with Gasteiger partial charge in [0, 0.05) is 22.9 Å². The van der Waals surface area contributed by atoms with Gasteiger partial charge in [-0.15, -0.1) is 0 Å². The number of nitrogens with zero attached hydrogens (tertiary/aromatic N) is 1. The van der Waals surface area contributed by atoms with E-state index in [2.05, 4.69) is 272 Å². The Morgan fingerprint density at radius 2 is 0.656 bits per heavy atom. The van der Waals surface area contributed by atoms with Crippen molar-refractivity contribution in [2.24, 2.45) is 0 Å². The summed E-state index contributed by atoms with van der Waals surface area (Å²) in [7, 11) is 0. The zero-order valence-electron chi connectivity index (χ0n) is 35.4. The van der Waals surface area contributed by atoms with Crippen molar-refractivity contribution in [3.8, 4) is 44.5 Å². The molecule has 64 heavy (non-hydrogen) atoms. The molecule has 1 heteroatoms. The summed E-state index contributed by atoms with van der Waals surface area (Å²) in [5, 5.41) is 5.01. The summed E-state index contributed by atoms with van der Waals surface area (Å²) in [6, 6.07) is 97.2. The number of anilines is 3. The van der Waals surface area contributed by atoms with E-state index in [4.69, 9.17) is 0 Å². The zero-order chi connectivity index (χ0) is 42.7. The molecule has 0 N–H and O–H groups in total. The molecule has 11 rings (SSSR count). The van der Waals surface area contributed by atoms with Gasteiger partial charge in [0.15, 0.2) is 0 Å². The van der Waals surface area contributed by atoms with Crippen LogP contribution in [0.25, 0.3) is 66.1 Å². The molecule has 0 aliphatic rings. The SMILES string of the molecule is c1ccc(C(c2ccc(-c3ccc4ccccc4c3)cc2)c2ccccc2-c2ccc(-c3ccccc3N(c3ccccc3)c3ccc(-c4ccc5ccccc5c4)cc3)cc2)cc1. The smallest absolute Gasteiger partial charge is 0.0540 e. The molecular weight excluding hydrogens is 771 g/mol. The third-order valence-corrected chi connectivity index (χ3v) is 12.6. The van der Waals surface area contributed by atoms with E-state index in [1.807, 2.05) is 0 Å². The van der Waals surface area contributed by atoms with Gasteiger partial charge in [-0.3, -0.25) is 0 Å². The Balaban J connectivity index is 0.935. The van der Waals surface area contributed by atoms with Crippen molar-refractivity contribution in [2.75, 3.05) is 4.90 Å². The predicted molar refractivity (Wildman–Crippen MR) is 272 cm³/mol. The Hall–Kier alpha value is -8.26. The molecule has 0 aromatic heterocycles. The van der Waals surface area contributed by atoms with Crippen molar-refractivity contribution in [1.82, 2.24) is 0 Å². The van der Waals surface area contributed by atoms with E-state index in [0.29, 0.717) is 0 Å². The van der Waals surface area contributed by atoms with Gasteiger partial charge in [-0.25, -0.2) is 0 Å². The number of para-hydroxylation sites is 2. The maximum atomic E-state index is 2.37. The zero-order valence-corrected chi connectivity index (χ0v) is 35.4. The van der Waals surface area contributed by atoms with Crippen molar-refractivity contribution in [3.05, 3.63) is 284 Å². The number of benzene rings is 11. The predicted octanol–water partition coefficient (Wildman–Crippen LogP) is 17.3. The molecule has 0 aliphatic carbocycles. The molecule has 0 aliphatic heterocycles. The maximum Gasteiger partial charge on any atom is 0.0540 e. The Morgan fingerprint density at radius 3 is 1.27 bits per heavy atom. The fourth-order valence-electron chi connectivity index (χ4n) is 9.36. The number of fused-ring (bicyclic) bond motifs is 2. The first-order chi connectivity index (χ1) is 31.7. The maximum absolute atomic E-state index is 2.37. The largest absolute Gasteiger partial charge is 0.310 e. The first-order valence-electron chi connectivity index (χ1n) is 22.1. The van der Waals surface area contributed by atoms with Crippen molar-refractivity contribution in [3.63, 3.8) is 0 Å². The molecular formula is C63H45N. The van der Waals surface area contributed by atoms with Crippen LogP contribution >= 0.6 is 0 Å². The average molecular weight is 816 g/mol. The van der Waals surface area contributed by atoms with Crippen LogP contribution < -0.4 is 4.90 Å². The van der Waals surface area contributed by atoms with E-state index < -0.39 is 0 Å². The summed E-state index contributed by atoms with van der Waals surface area (Å²) < 4.78 is 0. The molecule has 0 saturated carbocycles. The minimum atomic E-state index is 0.0514. The van der Waals surface area contributed by atoms with Gasteiger partial charge in [0.1, 0.15) is 0 Å². The second kappa shape index (κ2) is 17.2. The average Bonchev–Trinajstić information content (AvgIpc) is 3.38. The Labute approximate surface area is 375 Å². The van der Waals surface area contributed by atoms with E-state index in [1.54, 1.807) is 0 Å². The van der Waals surface area contributed by atoms with Gasteiger partial charge in [-0.05, 0) is 120 Å². The van der Waals surface area contributed by atoms with Crippen molar-refractivity contribution >= 4 is 38.6 Å². The van der Waals surface area contributed by atoms with Gasteiger partial charge in [0.25, 0.3) is 0 Å². The minimum absolute atomic E-state index is 0.0514. The van der Waals surface area contributed by atoms with Crippen LogP contribution in [-0.4, -0.2) is 0 Å². The summed E-state index contributed by atoms with van der Waals surface area (Å²) in [6.45, 7) is 0. The van der Waals surface area contributed by atoms with Crippen LogP contribution in [0.1, 0.15) is 22.6 Å². The Morgan fingerprint density at radius 1 is 0.250 bits per heavy atom. The lowest BCUT2D eigenvalue weighted by atomic mass is 9.81. The Bertz CT molecular complexity index is 3120. The molecule has 1 nitrogen and oxygen atoms in total. The molecule has 0 bridgehead atoms. The summed E-state index contributed by atoms with van der Waals surface area (Å²) in [5.74, 6) is 0.0514. The normalized spacial score (nSPS) is 11.7. The van der Waals surface area contributed by atoms with Gasteiger partial charge in [0.2, 0.25) is 0 Å². The topological polar surface area (TPSA) is 3.24 Å². The molecule has 0 heterocycles. The first kappa shape index (κ1) is 38.6. The molecule has 11 aromatic carbocycles. The molecule has 302 valence electrons. The van der Waals surface area contributed by atoms with Gasteiger partial charge < -0.3 is 4.90 Å². The van der Waals surface area contributed by atoms with E-state index >= 15 is 0 Å². The minimum Gasteiger partial charge on any atom is -0.310 e. The Kier molecular flexibility index (Phi) is 10.4. The molecule has 1 unspecified atom stereocenters. The summed E-state index contributed by atoms with van der Waals surface area (Å²) in [5.41, 5.74) is 16.7. The van der Waals surface area contributed by atoms with Crippen LogP contribution in [-0.2, 0) is 0 Å². The third-order valence-electron chi connectivity index (χ3n) is 12.6. The van der Waals surface area contributed by atoms with Crippen LogP contribution in [0.4, 0.5) is 17.1 Å². The summed E-state index contributed by atoms with van der Waals surface area (Å²) >= 11 is 0. The van der Waals surface area contributed by atoms with Gasteiger partial charge in [0.05, 0.1) is 5.69 Å². The lowest BCUT2D eigenvalue weighted by molar-refractivity contribution is 0.980. The monoisotopic (exact) mass is 815 g/mol. The van der Waals surface area contributed by atoms with E-state index in [0.717, 1.165) is 22.6 Å². The quantitative estimate of drug-likeness (QED) is 0.124. The molecule has 0 spiro atoms. The van der Waals surface area contributed by atoms with E-state index in [-0.39, 0.29) is 5.92 Å². The molecule has 0 amide bonds. The number of rotatable bonds is 10. The highest BCUT2D eigenvalue weighted by atomic mass is 15.1. The van der Waals surface area contributed by atoms with Crippen molar-refractivity contribution in [1.29, 1.82) is 0 Å². The van der Waals surface area contributed by atoms with E-state index in [1.165, 1.54) is 77.2 Å². The summed E-state index contributed by atoms with van der Waals surface area (Å²) in [6.07, 6.45) is 0. The van der Waals surface area contributed by atoms with Gasteiger partial charge >= 0.3 is 0 Å². The highest BCUT2D eigenvalue weighted by Crippen LogP contribution is 2.43. The van der Waals surface area contributed by atoms with E-state index in [9.17, 15) is 0 Å². The molecule has 0 radical (unpaired) electrons.